The molecule has 0 amide bonds. The van der Waals surface area contributed by atoms with Crippen molar-refractivity contribution in [3.05, 3.63) is 0 Å². The lowest BCUT2D eigenvalue weighted by Crippen LogP contribution is -1.78. The third kappa shape index (κ3) is 11.6. The zero-order valence-corrected chi connectivity index (χ0v) is 12.8. The Labute approximate surface area is 104 Å². The molecule has 0 bridgehead atoms. The summed E-state index contributed by atoms with van der Waals surface area (Å²) >= 11 is 8.76. The molecule has 0 fully saturated rings. The third-order valence-electron chi connectivity index (χ3n) is 1.90. The SMILES string of the molecule is CCCCCSP(S)SCCCCC. The van der Waals surface area contributed by atoms with Crippen LogP contribution in [-0.2, 0) is 0 Å². The largest absolute Gasteiger partial charge is 0.130 e. The molecule has 0 aliphatic heterocycles. The van der Waals surface area contributed by atoms with E-state index < -0.39 is 0 Å². The van der Waals surface area contributed by atoms with Gasteiger partial charge in [0.05, 0.1) is 5.53 Å². The van der Waals surface area contributed by atoms with Gasteiger partial charge in [0.1, 0.15) is 0 Å². The lowest BCUT2D eigenvalue weighted by Gasteiger charge is -2.08. The lowest BCUT2D eigenvalue weighted by molar-refractivity contribution is 0.779. The molecule has 0 heterocycles. The zero-order valence-electron chi connectivity index (χ0n) is 9.37. The molecule has 0 spiro atoms. The average molecular weight is 270 g/mol. The van der Waals surface area contributed by atoms with Crippen molar-refractivity contribution in [2.24, 2.45) is 0 Å². The van der Waals surface area contributed by atoms with Crippen LogP contribution < -0.4 is 0 Å². The number of unbranched alkanes of at least 4 members (excludes halogenated alkanes) is 4. The minimum absolute atomic E-state index is 0.0860. The molecule has 0 radical (unpaired) electrons. The van der Waals surface area contributed by atoms with Gasteiger partial charge in [0, 0.05) is 0 Å². The summed E-state index contributed by atoms with van der Waals surface area (Å²) in [6, 6.07) is 0. The molecule has 0 aromatic heterocycles. The van der Waals surface area contributed by atoms with Crippen LogP contribution >= 0.6 is 40.5 Å². The first-order chi connectivity index (χ1) is 6.81. The summed E-state index contributed by atoms with van der Waals surface area (Å²) in [6.45, 7) is 4.52. The third-order valence-corrected chi connectivity index (χ3v) is 9.68. The molecular weight excluding hydrogens is 247 g/mol. The Kier molecular flexibility index (Phi) is 13.9. The average Bonchev–Trinajstić information content (AvgIpc) is 2.19. The topological polar surface area (TPSA) is 0 Å². The van der Waals surface area contributed by atoms with Crippen molar-refractivity contribution in [3.8, 4) is 0 Å². The van der Waals surface area contributed by atoms with Gasteiger partial charge in [0.15, 0.2) is 0 Å². The van der Waals surface area contributed by atoms with E-state index >= 15 is 0 Å². The van der Waals surface area contributed by atoms with Crippen LogP contribution in [0.5, 0.6) is 0 Å². The maximum atomic E-state index is 4.63. The predicted octanol–water partition coefficient (Wildman–Crippen LogP) is 5.99. The van der Waals surface area contributed by atoms with E-state index in [1.165, 1.54) is 50.0 Å². The van der Waals surface area contributed by atoms with Crippen LogP contribution in [0.3, 0.4) is 0 Å². The fourth-order valence-electron chi connectivity index (χ4n) is 1.03. The summed E-state index contributed by atoms with van der Waals surface area (Å²) in [7, 11) is 0. The molecule has 0 N–H and O–H groups in total. The standard InChI is InChI=1S/C10H23PS3/c1-3-5-7-9-13-11(12)14-10-8-6-4-2/h12H,3-10H2,1-2H3. The molecule has 14 heavy (non-hydrogen) atoms. The molecule has 86 valence electrons. The summed E-state index contributed by atoms with van der Waals surface area (Å²) in [4.78, 5) is 0. The number of hydrogen-bond acceptors (Lipinski definition) is 3. The first kappa shape index (κ1) is 15.5. The number of rotatable bonds is 10. The van der Waals surface area contributed by atoms with Gasteiger partial charge in [-0.3, -0.25) is 0 Å². The van der Waals surface area contributed by atoms with Crippen LogP contribution in [0.2, 0.25) is 0 Å². The van der Waals surface area contributed by atoms with E-state index in [1.807, 2.05) is 0 Å². The van der Waals surface area contributed by atoms with Crippen molar-refractivity contribution in [1.29, 1.82) is 0 Å². The van der Waals surface area contributed by atoms with Crippen molar-refractivity contribution in [3.63, 3.8) is 0 Å². The van der Waals surface area contributed by atoms with E-state index in [2.05, 4.69) is 48.9 Å². The normalized spacial score (nSPS) is 11.1. The summed E-state index contributed by atoms with van der Waals surface area (Å²) in [6.07, 6.45) is 8.16. The van der Waals surface area contributed by atoms with Gasteiger partial charge in [0.25, 0.3) is 0 Å². The number of hydrogen-bond donors (Lipinski definition) is 1. The van der Waals surface area contributed by atoms with Crippen molar-refractivity contribution in [1.82, 2.24) is 0 Å². The first-order valence-electron chi connectivity index (χ1n) is 5.56. The van der Waals surface area contributed by atoms with Gasteiger partial charge in [-0.2, -0.15) is 0 Å². The fourth-order valence-corrected chi connectivity index (χ4v) is 7.50. The van der Waals surface area contributed by atoms with Gasteiger partial charge in [-0.15, -0.1) is 35.0 Å². The van der Waals surface area contributed by atoms with Gasteiger partial charge in [-0.25, -0.2) is 0 Å². The van der Waals surface area contributed by atoms with Crippen LogP contribution in [0.15, 0.2) is 0 Å². The van der Waals surface area contributed by atoms with Gasteiger partial charge in [-0.1, -0.05) is 39.5 Å². The molecule has 0 nitrogen and oxygen atoms in total. The van der Waals surface area contributed by atoms with Crippen molar-refractivity contribution in [2.45, 2.75) is 52.4 Å². The molecule has 0 atom stereocenters. The number of thiol groups is 1. The Morgan fingerprint density at radius 2 is 1.29 bits per heavy atom. The van der Waals surface area contributed by atoms with Gasteiger partial charge >= 0.3 is 0 Å². The highest BCUT2D eigenvalue weighted by atomic mass is 33.4. The second-order valence-corrected chi connectivity index (χ2v) is 12.4. The molecule has 0 saturated heterocycles. The highest BCUT2D eigenvalue weighted by Crippen LogP contribution is 2.64. The quantitative estimate of drug-likeness (QED) is 0.294. The zero-order chi connectivity index (χ0) is 10.6. The van der Waals surface area contributed by atoms with E-state index in [1.54, 1.807) is 0 Å². The second kappa shape index (κ2) is 12.5. The molecule has 4 heteroatoms. The first-order valence-corrected chi connectivity index (χ1v) is 11.2. The molecule has 0 unspecified atom stereocenters. The molecule has 0 saturated carbocycles. The molecule has 0 aliphatic carbocycles. The molecule has 0 aromatic rings. The van der Waals surface area contributed by atoms with Crippen LogP contribution in [-0.4, -0.2) is 11.5 Å². The van der Waals surface area contributed by atoms with Crippen LogP contribution in [0.1, 0.15) is 52.4 Å². The fraction of sp³-hybridized carbons (Fsp3) is 1.00. The molecule has 0 aromatic carbocycles. The molecule has 0 aliphatic rings. The van der Waals surface area contributed by atoms with Gasteiger partial charge in [-0.05, 0) is 24.3 Å². The van der Waals surface area contributed by atoms with Crippen LogP contribution in [0, 0.1) is 0 Å². The van der Waals surface area contributed by atoms with Crippen LogP contribution in [0.25, 0.3) is 0 Å². The minimum Gasteiger partial charge on any atom is -0.130 e. The van der Waals surface area contributed by atoms with E-state index in [-0.39, 0.29) is 5.53 Å². The van der Waals surface area contributed by atoms with Gasteiger partial charge < -0.3 is 0 Å². The predicted molar refractivity (Wildman–Crippen MR) is 79.9 cm³/mol. The van der Waals surface area contributed by atoms with E-state index in [9.17, 15) is 0 Å². The Balaban J connectivity index is 3.07. The molecular formula is C10H23PS3. The van der Waals surface area contributed by atoms with Gasteiger partial charge in [0.2, 0.25) is 0 Å². The van der Waals surface area contributed by atoms with Crippen molar-refractivity contribution >= 4 is 40.5 Å². The smallest absolute Gasteiger partial charge is 0.0697 e. The summed E-state index contributed by atoms with van der Waals surface area (Å²) in [5.41, 5.74) is -0.0860. The summed E-state index contributed by atoms with van der Waals surface area (Å²) in [5, 5.41) is 0. The maximum Gasteiger partial charge on any atom is 0.0697 e. The lowest BCUT2D eigenvalue weighted by atomic mass is 10.3. The van der Waals surface area contributed by atoms with E-state index in [4.69, 9.17) is 0 Å². The summed E-state index contributed by atoms with van der Waals surface area (Å²) in [5.74, 6) is 2.62. The highest BCUT2D eigenvalue weighted by molar-refractivity contribution is 9.09. The van der Waals surface area contributed by atoms with Crippen molar-refractivity contribution in [2.75, 3.05) is 11.5 Å². The maximum absolute atomic E-state index is 4.63. The highest BCUT2D eigenvalue weighted by Gasteiger charge is 2.02. The Morgan fingerprint density at radius 1 is 0.857 bits per heavy atom. The molecule has 0 rings (SSSR count). The summed E-state index contributed by atoms with van der Waals surface area (Å²) < 4.78 is 0. The van der Waals surface area contributed by atoms with E-state index in [0.717, 1.165) is 0 Å². The Bertz CT molecular complexity index is 99.5. The second-order valence-electron chi connectivity index (χ2n) is 3.32. The Morgan fingerprint density at radius 3 is 1.64 bits per heavy atom. The van der Waals surface area contributed by atoms with Crippen LogP contribution in [0.4, 0.5) is 0 Å². The van der Waals surface area contributed by atoms with Crippen molar-refractivity contribution < 1.29 is 0 Å². The minimum atomic E-state index is -0.0860. The van der Waals surface area contributed by atoms with E-state index in [0.29, 0.717) is 0 Å². The monoisotopic (exact) mass is 270 g/mol. The Hall–Kier alpha value is 1.48.